The molecule has 0 aliphatic heterocycles. The maximum absolute atomic E-state index is 6.13. The highest BCUT2D eigenvalue weighted by atomic mass is 35.5. The topological polar surface area (TPSA) is 50.9 Å². The van der Waals surface area contributed by atoms with Gasteiger partial charge in [0.05, 0.1) is 15.6 Å². The molecule has 1 unspecified atom stereocenters. The summed E-state index contributed by atoms with van der Waals surface area (Å²) in [6.45, 7) is 2.42. The predicted octanol–water partition coefficient (Wildman–Crippen LogP) is 3.67. The van der Waals surface area contributed by atoms with Gasteiger partial charge in [-0.05, 0) is 18.6 Å². The molecule has 5 heteroatoms. The van der Waals surface area contributed by atoms with Crippen LogP contribution in [-0.2, 0) is 5.54 Å². The standard InChI is InChI=1S/C14H15Cl2N3/c1-14(9-17,10-5-3-2-4-6-10)19-13-12(16)7-11(15)8-18-13/h2-8H,9,17H2,1H3,(H,18,19). The molecule has 1 aromatic heterocycles. The summed E-state index contributed by atoms with van der Waals surface area (Å²) in [7, 11) is 0. The van der Waals surface area contributed by atoms with Crippen molar-refractivity contribution in [3.63, 3.8) is 0 Å². The van der Waals surface area contributed by atoms with Crippen molar-refractivity contribution in [1.29, 1.82) is 0 Å². The molecule has 3 N–H and O–H groups in total. The molecule has 3 nitrogen and oxygen atoms in total. The van der Waals surface area contributed by atoms with Crippen molar-refractivity contribution in [2.45, 2.75) is 12.5 Å². The van der Waals surface area contributed by atoms with Gasteiger partial charge in [-0.2, -0.15) is 0 Å². The van der Waals surface area contributed by atoms with Gasteiger partial charge in [-0.15, -0.1) is 0 Å². The molecule has 2 aromatic rings. The van der Waals surface area contributed by atoms with Gasteiger partial charge in [0.15, 0.2) is 0 Å². The third kappa shape index (κ3) is 3.18. The molecule has 1 aromatic carbocycles. The number of benzene rings is 1. The molecule has 0 saturated heterocycles. The summed E-state index contributed by atoms with van der Waals surface area (Å²) >= 11 is 12.0. The van der Waals surface area contributed by atoms with Crippen molar-refractivity contribution < 1.29 is 0 Å². The molecule has 19 heavy (non-hydrogen) atoms. The van der Waals surface area contributed by atoms with Crippen LogP contribution in [0, 0.1) is 0 Å². The lowest BCUT2D eigenvalue weighted by Gasteiger charge is -2.31. The SMILES string of the molecule is CC(CN)(Nc1ncc(Cl)cc1Cl)c1ccccc1. The van der Waals surface area contributed by atoms with E-state index in [0.717, 1.165) is 5.56 Å². The van der Waals surface area contributed by atoms with E-state index in [2.05, 4.69) is 10.3 Å². The molecule has 2 rings (SSSR count). The number of aromatic nitrogens is 1. The highest BCUT2D eigenvalue weighted by Crippen LogP contribution is 2.29. The van der Waals surface area contributed by atoms with E-state index in [4.69, 9.17) is 28.9 Å². The van der Waals surface area contributed by atoms with Crippen LogP contribution in [0.5, 0.6) is 0 Å². The molecule has 0 aliphatic carbocycles. The van der Waals surface area contributed by atoms with Crippen LogP contribution in [0.3, 0.4) is 0 Å². The maximum Gasteiger partial charge on any atom is 0.145 e. The van der Waals surface area contributed by atoms with Crippen molar-refractivity contribution in [2.75, 3.05) is 11.9 Å². The fourth-order valence-electron chi connectivity index (χ4n) is 1.81. The average Bonchev–Trinajstić information content (AvgIpc) is 2.43. The van der Waals surface area contributed by atoms with Gasteiger partial charge in [-0.3, -0.25) is 0 Å². The largest absolute Gasteiger partial charge is 0.358 e. The number of halogens is 2. The number of rotatable bonds is 4. The van der Waals surface area contributed by atoms with E-state index in [0.29, 0.717) is 22.4 Å². The second-order valence-corrected chi connectivity index (χ2v) is 5.35. The molecule has 100 valence electrons. The lowest BCUT2D eigenvalue weighted by atomic mass is 9.92. The van der Waals surface area contributed by atoms with Gasteiger partial charge >= 0.3 is 0 Å². The van der Waals surface area contributed by atoms with Gasteiger partial charge in [-0.25, -0.2) is 4.98 Å². The fraction of sp³-hybridized carbons (Fsp3) is 0.214. The molecule has 0 radical (unpaired) electrons. The Bertz CT molecular complexity index is 560. The molecule has 0 bridgehead atoms. The van der Waals surface area contributed by atoms with E-state index >= 15 is 0 Å². The zero-order valence-corrected chi connectivity index (χ0v) is 12.0. The quantitative estimate of drug-likeness (QED) is 0.905. The van der Waals surface area contributed by atoms with E-state index in [9.17, 15) is 0 Å². The number of hydrogen-bond donors (Lipinski definition) is 2. The van der Waals surface area contributed by atoms with Crippen LogP contribution in [0.1, 0.15) is 12.5 Å². The third-order valence-electron chi connectivity index (χ3n) is 3.02. The number of pyridine rings is 1. The number of hydrogen-bond acceptors (Lipinski definition) is 3. The summed E-state index contributed by atoms with van der Waals surface area (Å²) in [6, 6.07) is 11.6. The van der Waals surface area contributed by atoms with E-state index in [1.807, 2.05) is 37.3 Å². The Labute approximate surface area is 122 Å². The number of nitrogens with zero attached hydrogens (tertiary/aromatic N) is 1. The second kappa shape index (κ2) is 5.78. The van der Waals surface area contributed by atoms with Gasteiger partial charge in [-0.1, -0.05) is 53.5 Å². The fourth-order valence-corrected chi connectivity index (χ4v) is 2.24. The van der Waals surface area contributed by atoms with Gasteiger partial charge in [0.1, 0.15) is 5.82 Å². The van der Waals surface area contributed by atoms with Crippen LogP contribution in [0.4, 0.5) is 5.82 Å². The first-order valence-corrected chi connectivity index (χ1v) is 6.65. The summed E-state index contributed by atoms with van der Waals surface area (Å²) in [5.74, 6) is 0.572. The molecule has 0 amide bonds. The minimum absolute atomic E-state index is 0.414. The lowest BCUT2D eigenvalue weighted by Crippen LogP contribution is -2.40. The number of nitrogens with one attached hydrogen (secondary N) is 1. The van der Waals surface area contributed by atoms with Crippen LogP contribution >= 0.6 is 23.2 Å². The van der Waals surface area contributed by atoms with E-state index < -0.39 is 5.54 Å². The minimum atomic E-state index is -0.439. The molecular formula is C14H15Cl2N3. The normalized spacial score (nSPS) is 13.9. The van der Waals surface area contributed by atoms with Crippen molar-refractivity contribution in [1.82, 2.24) is 4.98 Å². The first-order valence-electron chi connectivity index (χ1n) is 5.90. The smallest absolute Gasteiger partial charge is 0.145 e. The molecular weight excluding hydrogens is 281 g/mol. The van der Waals surface area contributed by atoms with Gasteiger partial charge in [0.25, 0.3) is 0 Å². The average molecular weight is 296 g/mol. The summed E-state index contributed by atoms with van der Waals surface area (Å²) in [4.78, 5) is 4.21. The Hall–Kier alpha value is -1.29. The lowest BCUT2D eigenvalue weighted by molar-refractivity contribution is 0.554. The van der Waals surface area contributed by atoms with Crippen LogP contribution in [0.2, 0.25) is 10.0 Å². The van der Waals surface area contributed by atoms with Gasteiger partial charge in [0.2, 0.25) is 0 Å². The maximum atomic E-state index is 6.13. The molecule has 0 aliphatic rings. The van der Waals surface area contributed by atoms with E-state index in [1.165, 1.54) is 0 Å². The second-order valence-electron chi connectivity index (χ2n) is 4.51. The van der Waals surface area contributed by atoms with Crippen molar-refractivity contribution >= 4 is 29.0 Å². The molecule has 1 heterocycles. The molecule has 0 spiro atoms. The monoisotopic (exact) mass is 295 g/mol. The van der Waals surface area contributed by atoms with Crippen molar-refractivity contribution in [3.05, 3.63) is 58.2 Å². The molecule has 0 fully saturated rings. The van der Waals surface area contributed by atoms with Crippen LogP contribution in [0.25, 0.3) is 0 Å². The third-order valence-corrected chi connectivity index (χ3v) is 3.52. The predicted molar refractivity (Wildman–Crippen MR) is 80.7 cm³/mol. The Morgan fingerprint density at radius 3 is 2.53 bits per heavy atom. The van der Waals surface area contributed by atoms with Crippen LogP contribution < -0.4 is 11.1 Å². The highest BCUT2D eigenvalue weighted by molar-refractivity contribution is 6.35. The van der Waals surface area contributed by atoms with Crippen molar-refractivity contribution in [3.8, 4) is 0 Å². The Kier molecular flexibility index (Phi) is 4.30. The first-order chi connectivity index (χ1) is 9.05. The zero-order chi connectivity index (χ0) is 13.9. The van der Waals surface area contributed by atoms with E-state index in [1.54, 1.807) is 12.3 Å². The highest BCUT2D eigenvalue weighted by Gasteiger charge is 2.25. The molecule has 0 saturated carbocycles. The summed E-state index contributed by atoms with van der Waals surface area (Å²) in [5.41, 5.74) is 6.54. The van der Waals surface area contributed by atoms with Crippen LogP contribution in [-0.4, -0.2) is 11.5 Å². The van der Waals surface area contributed by atoms with Crippen LogP contribution in [0.15, 0.2) is 42.6 Å². The van der Waals surface area contributed by atoms with E-state index in [-0.39, 0.29) is 0 Å². The summed E-state index contributed by atoms with van der Waals surface area (Å²) in [6.07, 6.45) is 1.55. The van der Waals surface area contributed by atoms with Gasteiger partial charge in [0, 0.05) is 12.7 Å². The van der Waals surface area contributed by atoms with Crippen molar-refractivity contribution in [2.24, 2.45) is 5.73 Å². The number of anilines is 1. The summed E-state index contributed by atoms with van der Waals surface area (Å²) < 4.78 is 0. The zero-order valence-electron chi connectivity index (χ0n) is 10.5. The first kappa shape index (κ1) is 14.1. The van der Waals surface area contributed by atoms with Gasteiger partial charge < -0.3 is 11.1 Å². The summed E-state index contributed by atoms with van der Waals surface area (Å²) in [5, 5.41) is 4.27. The Balaban J connectivity index is 2.33. The molecule has 1 atom stereocenters. The minimum Gasteiger partial charge on any atom is -0.358 e. The Morgan fingerprint density at radius 2 is 1.95 bits per heavy atom. The number of nitrogens with two attached hydrogens (primary N) is 1. The Morgan fingerprint density at radius 1 is 1.26 bits per heavy atom.